The molecule has 0 bridgehead atoms. The van der Waals surface area contributed by atoms with Crippen LogP contribution in [0.2, 0.25) is 0 Å². The van der Waals surface area contributed by atoms with Crippen molar-refractivity contribution in [3.8, 4) is 11.5 Å². The zero-order valence-corrected chi connectivity index (χ0v) is 16.6. The van der Waals surface area contributed by atoms with Crippen LogP contribution >= 0.6 is 0 Å². The number of hydrogen-bond acceptors (Lipinski definition) is 5. The van der Waals surface area contributed by atoms with E-state index in [4.69, 9.17) is 9.84 Å². The van der Waals surface area contributed by atoms with E-state index >= 15 is 0 Å². The highest BCUT2D eigenvalue weighted by Crippen LogP contribution is 2.24. The normalized spacial score (nSPS) is 14.1. The van der Waals surface area contributed by atoms with E-state index in [0.29, 0.717) is 31.6 Å². The molecular weight excluding hydrogens is 378 g/mol. The number of ether oxygens (including phenoxy) is 1. The largest absolute Gasteiger partial charge is 0.457 e. The number of ketones is 2. The Hall–Kier alpha value is -3.28. The van der Waals surface area contributed by atoms with Gasteiger partial charge in [-0.15, -0.1) is 0 Å². The first-order valence-corrected chi connectivity index (χ1v) is 9.92. The Balaban J connectivity index is 1.47. The monoisotopic (exact) mass is 401 g/mol. The van der Waals surface area contributed by atoms with Gasteiger partial charge in [-0.2, -0.15) is 0 Å². The van der Waals surface area contributed by atoms with E-state index in [1.165, 1.54) is 0 Å². The van der Waals surface area contributed by atoms with Gasteiger partial charge in [0.1, 0.15) is 18.1 Å². The smallest absolute Gasteiger partial charge is 0.188 e. The van der Waals surface area contributed by atoms with Crippen LogP contribution in [0, 0.1) is 0 Å². The zero-order chi connectivity index (χ0) is 20.9. The molecule has 5 nitrogen and oxygen atoms in total. The number of rotatable bonds is 6. The van der Waals surface area contributed by atoms with Crippen LogP contribution in [0.3, 0.4) is 0 Å². The molecule has 4 rings (SSSR count). The van der Waals surface area contributed by atoms with E-state index in [-0.39, 0.29) is 11.6 Å². The summed E-state index contributed by atoms with van der Waals surface area (Å²) in [7, 11) is 0. The van der Waals surface area contributed by atoms with Crippen molar-refractivity contribution in [2.75, 3.05) is 13.2 Å². The lowest BCUT2D eigenvalue weighted by atomic mass is 9.99. The van der Waals surface area contributed by atoms with E-state index in [0.717, 1.165) is 28.2 Å². The summed E-state index contributed by atoms with van der Waals surface area (Å²) >= 11 is 0. The molecule has 30 heavy (non-hydrogen) atoms. The number of para-hydroxylation sites is 1. The highest BCUT2D eigenvalue weighted by molar-refractivity contribution is 5.97. The Kier molecular flexibility index (Phi) is 6.02. The van der Waals surface area contributed by atoms with E-state index in [2.05, 4.69) is 4.90 Å². The maximum absolute atomic E-state index is 12.4. The Labute approximate surface area is 175 Å². The van der Waals surface area contributed by atoms with Gasteiger partial charge in [0, 0.05) is 25.1 Å². The molecule has 0 fully saturated rings. The Morgan fingerprint density at radius 1 is 0.900 bits per heavy atom. The average Bonchev–Trinajstić information content (AvgIpc) is 2.92. The number of aliphatic hydroxyl groups excluding tert-OH is 1. The number of aliphatic hydroxyl groups is 1. The summed E-state index contributed by atoms with van der Waals surface area (Å²) in [5, 5.41) is 9.13. The Bertz CT molecular complexity index is 1040. The number of hydrogen-bond donors (Lipinski definition) is 1. The fourth-order valence-electron chi connectivity index (χ4n) is 3.68. The molecule has 0 saturated carbocycles. The lowest BCUT2D eigenvalue weighted by molar-refractivity contribution is -0.119. The number of fused-ring (bicyclic) bond motifs is 1. The molecular formula is C25H23NO4. The number of nitrogens with zero attached hydrogens (tertiary/aromatic N) is 1. The van der Waals surface area contributed by atoms with Gasteiger partial charge in [0.25, 0.3) is 0 Å². The predicted molar refractivity (Wildman–Crippen MR) is 114 cm³/mol. The van der Waals surface area contributed by atoms with Crippen molar-refractivity contribution < 1.29 is 19.4 Å². The van der Waals surface area contributed by atoms with Crippen molar-refractivity contribution >= 4 is 11.6 Å². The van der Waals surface area contributed by atoms with Crippen LogP contribution in [0.25, 0.3) is 0 Å². The summed E-state index contributed by atoms with van der Waals surface area (Å²) in [5.41, 5.74) is 3.47. The minimum atomic E-state index is -0.515. The lowest BCUT2D eigenvalue weighted by Gasteiger charge is -2.20. The maximum atomic E-state index is 12.4. The fourth-order valence-corrected chi connectivity index (χ4v) is 3.68. The van der Waals surface area contributed by atoms with Crippen molar-refractivity contribution in [1.82, 2.24) is 4.90 Å². The van der Waals surface area contributed by atoms with Crippen molar-refractivity contribution in [3.05, 3.63) is 95.1 Å². The molecule has 0 saturated heterocycles. The van der Waals surface area contributed by atoms with Gasteiger partial charge in [-0.25, -0.2) is 0 Å². The summed E-state index contributed by atoms with van der Waals surface area (Å²) in [6, 6.07) is 22.8. The highest BCUT2D eigenvalue weighted by Gasteiger charge is 2.21. The van der Waals surface area contributed by atoms with Crippen LogP contribution in [0.15, 0.2) is 72.8 Å². The summed E-state index contributed by atoms with van der Waals surface area (Å²) in [6.07, 6.45) is 0.364. The van der Waals surface area contributed by atoms with Crippen molar-refractivity contribution in [2.24, 2.45) is 0 Å². The van der Waals surface area contributed by atoms with Gasteiger partial charge in [-0.1, -0.05) is 42.5 Å². The fraction of sp³-hybridized carbons (Fsp3) is 0.200. The summed E-state index contributed by atoms with van der Waals surface area (Å²) < 4.78 is 5.83. The van der Waals surface area contributed by atoms with E-state index in [1.807, 2.05) is 60.7 Å². The molecule has 0 atom stereocenters. The van der Waals surface area contributed by atoms with Crippen LogP contribution in [0.1, 0.15) is 27.0 Å². The topological polar surface area (TPSA) is 66.8 Å². The average molecular weight is 401 g/mol. The molecule has 152 valence electrons. The molecule has 0 spiro atoms. The molecule has 1 aliphatic rings. The summed E-state index contributed by atoms with van der Waals surface area (Å²) in [4.78, 5) is 26.3. The first-order valence-electron chi connectivity index (χ1n) is 9.92. The molecule has 5 heteroatoms. The quantitative estimate of drug-likeness (QED) is 0.637. The third kappa shape index (κ3) is 4.82. The van der Waals surface area contributed by atoms with Crippen molar-refractivity contribution in [1.29, 1.82) is 0 Å². The number of benzene rings is 3. The first-order chi connectivity index (χ1) is 14.6. The molecule has 3 aromatic carbocycles. The van der Waals surface area contributed by atoms with Crippen LogP contribution in [-0.4, -0.2) is 34.7 Å². The second-order valence-electron chi connectivity index (χ2n) is 7.48. The number of Topliss-reactive ketones (excluding diaryl/α,β-unsaturated/α-hetero) is 2. The van der Waals surface area contributed by atoms with Gasteiger partial charge >= 0.3 is 0 Å². The molecule has 1 heterocycles. The van der Waals surface area contributed by atoms with Gasteiger partial charge in [-0.3, -0.25) is 14.5 Å². The number of carbonyl (C=O) groups excluding carboxylic acids is 2. The molecule has 0 aliphatic carbocycles. The minimum Gasteiger partial charge on any atom is -0.457 e. The van der Waals surface area contributed by atoms with Crippen molar-refractivity contribution in [3.63, 3.8) is 0 Å². The molecule has 0 aromatic heterocycles. The SMILES string of the molecule is O=C1Cc2ccc(C(=O)CO)cc2CN(Cc2ccc(Oc3ccccc3)cc2)C1. The standard InChI is InChI=1S/C25H23NO4/c27-17-25(29)20-9-8-19-13-22(28)16-26(15-21(19)12-20)14-18-6-10-24(11-7-18)30-23-4-2-1-3-5-23/h1-12,27H,13-17H2. The zero-order valence-electron chi connectivity index (χ0n) is 16.6. The second kappa shape index (κ2) is 9.03. The predicted octanol–water partition coefficient (Wildman–Crippen LogP) is 3.78. The van der Waals surface area contributed by atoms with Crippen LogP contribution < -0.4 is 4.74 Å². The molecule has 0 unspecified atom stereocenters. The Morgan fingerprint density at radius 2 is 1.63 bits per heavy atom. The Morgan fingerprint density at radius 3 is 2.37 bits per heavy atom. The third-order valence-corrected chi connectivity index (χ3v) is 5.16. The molecule has 1 N–H and O–H groups in total. The minimum absolute atomic E-state index is 0.152. The molecule has 0 radical (unpaired) electrons. The second-order valence-corrected chi connectivity index (χ2v) is 7.48. The molecule has 1 aliphatic heterocycles. The van der Waals surface area contributed by atoms with E-state index in [9.17, 15) is 9.59 Å². The van der Waals surface area contributed by atoms with E-state index in [1.54, 1.807) is 12.1 Å². The highest BCUT2D eigenvalue weighted by atomic mass is 16.5. The van der Waals surface area contributed by atoms with Gasteiger partial charge in [0.05, 0.1) is 6.54 Å². The third-order valence-electron chi connectivity index (χ3n) is 5.16. The number of carbonyl (C=O) groups is 2. The van der Waals surface area contributed by atoms with Crippen LogP contribution in [-0.2, 0) is 24.3 Å². The van der Waals surface area contributed by atoms with E-state index < -0.39 is 6.61 Å². The van der Waals surface area contributed by atoms with Gasteiger partial charge in [-0.05, 0) is 47.0 Å². The van der Waals surface area contributed by atoms with Crippen molar-refractivity contribution in [2.45, 2.75) is 19.5 Å². The molecule has 0 amide bonds. The van der Waals surface area contributed by atoms with Gasteiger partial charge in [0.15, 0.2) is 11.6 Å². The first kappa shape index (κ1) is 20.0. The lowest BCUT2D eigenvalue weighted by Crippen LogP contribution is -2.27. The van der Waals surface area contributed by atoms with Crippen LogP contribution in [0.4, 0.5) is 0 Å². The summed E-state index contributed by atoms with van der Waals surface area (Å²) in [5.74, 6) is 1.38. The van der Waals surface area contributed by atoms with Gasteiger partial charge in [0.2, 0.25) is 0 Å². The maximum Gasteiger partial charge on any atom is 0.188 e. The summed E-state index contributed by atoms with van der Waals surface area (Å²) in [6.45, 7) is 1.05. The van der Waals surface area contributed by atoms with Crippen LogP contribution in [0.5, 0.6) is 11.5 Å². The molecule has 3 aromatic rings. The van der Waals surface area contributed by atoms with Gasteiger partial charge < -0.3 is 9.84 Å².